The number of sulfonamides is 1. The molecule has 10 heteroatoms. The Balaban J connectivity index is 1.60. The van der Waals surface area contributed by atoms with Gasteiger partial charge in [0.25, 0.3) is 5.91 Å². The van der Waals surface area contributed by atoms with Crippen molar-refractivity contribution in [3.8, 4) is 0 Å². The third kappa shape index (κ3) is 5.78. The van der Waals surface area contributed by atoms with E-state index in [4.69, 9.17) is 5.73 Å². The molecule has 1 saturated heterocycles. The molecule has 1 aromatic carbocycles. The number of esters is 1. The number of carbonyl (C=O) groups is 2. The lowest BCUT2D eigenvalue weighted by Crippen LogP contribution is -2.47. The summed E-state index contributed by atoms with van der Waals surface area (Å²) in [5, 5.41) is 0. The van der Waals surface area contributed by atoms with Crippen LogP contribution >= 0.6 is 0 Å². The zero-order valence-corrected chi connectivity index (χ0v) is 21.3. The van der Waals surface area contributed by atoms with Crippen LogP contribution in [0.25, 0.3) is 0 Å². The van der Waals surface area contributed by atoms with Crippen molar-refractivity contribution in [1.29, 1.82) is 0 Å². The van der Waals surface area contributed by atoms with Gasteiger partial charge in [0.1, 0.15) is 5.54 Å². The van der Waals surface area contributed by atoms with Gasteiger partial charge in [0.15, 0.2) is 5.96 Å². The molecule has 2 aliphatic heterocycles. The monoisotopic (exact) mass is 492 g/mol. The molecule has 9 nitrogen and oxygen atoms in total. The van der Waals surface area contributed by atoms with Gasteiger partial charge in [-0.15, -0.1) is 0 Å². The number of hydrogen-bond donors (Lipinski definition) is 1. The third-order valence-electron chi connectivity index (χ3n) is 6.55. The van der Waals surface area contributed by atoms with Crippen molar-refractivity contribution in [2.45, 2.75) is 63.3 Å². The van der Waals surface area contributed by atoms with Crippen molar-refractivity contribution < 1.29 is 22.7 Å². The molecule has 0 radical (unpaired) electrons. The summed E-state index contributed by atoms with van der Waals surface area (Å²) < 4.78 is 32.6. The van der Waals surface area contributed by atoms with Crippen molar-refractivity contribution in [3.63, 3.8) is 0 Å². The van der Waals surface area contributed by atoms with Gasteiger partial charge in [-0.1, -0.05) is 26.0 Å². The fourth-order valence-electron chi connectivity index (χ4n) is 4.81. The number of carbonyl (C=O) groups excluding carboxylic acids is 2. The van der Waals surface area contributed by atoms with Crippen LogP contribution in [0.5, 0.6) is 0 Å². The van der Waals surface area contributed by atoms with Crippen molar-refractivity contribution in [2.75, 3.05) is 26.7 Å². The molecule has 34 heavy (non-hydrogen) atoms. The van der Waals surface area contributed by atoms with Crippen molar-refractivity contribution >= 4 is 27.9 Å². The van der Waals surface area contributed by atoms with E-state index in [1.807, 2.05) is 6.92 Å². The number of methoxy groups -OCH3 is 1. The maximum atomic E-state index is 13.2. The van der Waals surface area contributed by atoms with E-state index in [0.717, 1.165) is 5.56 Å². The lowest BCUT2D eigenvalue weighted by atomic mass is 9.90. The molecule has 2 aliphatic rings. The summed E-state index contributed by atoms with van der Waals surface area (Å²) in [5.74, 6) is 0.321. The average Bonchev–Trinajstić information content (AvgIpc) is 3.00. The molecule has 0 aliphatic carbocycles. The molecule has 2 N–H and O–H groups in total. The highest BCUT2D eigenvalue weighted by Gasteiger charge is 2.45. The molecule has 1 fully saturated rings. The number of aliphatic imine (C=N–C) groups is 1. The van der Waals surface area contributed by atoms with Crippen LogP contribution < -0.4 is 5.73 Å². The summed E-state index contributed by atoms with van der Waals surface area (Å²) in [6, 6.07) is 6.71. The van der Waals surface area contributed by atoms with Crippen LogP contribution in [0.15, 0.2) is 34.2 Å². The molecule has 1 amide bonds. The fourth-order valence-corrected chi connectivity index (χ4v) is 6.35. The minimum Gasteiger partial charge on any atom is -0.469 e. The Labute approximate surface area is 202 Å². The molecule has 1 unspecified atom stereocenters. The number of aryl methyl sites for hydroxylation is 1. The molecule has 1 aromatic rings. The second-order valence-corrected chi connectivity index (χ2v) is 11.8. The second-order valence-electron chi connectivity index (χ2n) is 9.83. The molecule has 188 valence electrons. The first-order valence-corrected chi connectivity index (χ1v) is 13.2. The standard InChI is InChI=1S/C24H36N4O5S/c1-17(2)15-24(3)22(30)28(23(25)26-24)16-19-10-12-27(13-11-19)34(31,32)20-7-5-6-18(14-20)8-9-21(29)33-4/h5-7,14,17,19H,8-13,15-16H2,1-4H3,(H2,25,26). The number of nitrogens with zero attached hydrogens (tertiary/aromatic N) is 3. The summed E-state index contributed by atoms with van der Waals surface area (Å²) in [4.78, 5) is 30.7. The van der Waals surface area contributed by atoms with E-state index in [-0.39, 0.29) is 35.1 Å². The second kappa shape index (κ2) is 10.4. The predicted molar refractivity (Wildman–Crippen MR) is 129 cm³/mol. The van der Waals surface area contributed by atoms with Crippen LogP contribution in [0.1, 0.15) is 52.0 Å². The Hall–Kier alpha value is -2.46. The quantitative estimate of drug-likeness (QED) is 0.527. The van der Waals surface area contributed by atoms with Crippen molar-refractivity contribution in [3.05, 3.63) is 29.8 Å². The van der Waals surface area contributed by atoms with E-state index in [2.05, 4.69) is 23.6 Å². The van der Waals surface area contributed by atoms with E-state index in [9.17, 15) is 18.0 Å². The summed E-state index contributed by atoms with van der Waals surface area (Å²) in [7, 11) is -2.31. The Morgan fingerprint density at radius 3 is 2.59 bits per heavy atom. The summed E-state index contributed by atoms with van der Waals surface area (Å²) in [6.45, 7) is 7.15. The molecular formula is C24H36N4O5S. The molecule has 2 heterocycles. The number of rotatable bonds is 9. The zero-order valence-electron chi connectivity index (χ0n) is 20.5. The molecule has 0 saturated carbocycles. The summed E-state index contributed by atoms with van der Waals surface area (Å²) in [6.07, 6.45) is 2.53. The van der Waals surface area contributed by atoms with Crippen LogP contribution in [-0.4, -0.2) is 67.7 Å². The lowest BCUT2D eigenvalue weighted by molar-refractivity contribution is -0.140. The number of piperidine rings is 1. The number of ether oxygens (including phenoxy) is 1. The number of benzene rings is 1. The van der Waals surface area contributed by atoms with Gasteiger partial charge in [0, 0.05) is 26.1 Å². The smallest absolute Gasteiger partial charge is 0.305 e. The van der Waals surface area contributed by atoms with Crippen LogP contribution in [0.4, 0.5) is 0 Å². The maximum Gasteiger partial charge on any atom is 0.305 e. The van der Waals surface area contributed by atoms with E-state index >= 15 is 0 Å². The predicted octanol–water partition coefficient (Wildman–Crippen LogP) is 2.15. The SMILES string of the molecule is COC(=O)CCc1cccc(S(=O)(=O)N2CCC(CN3C(=O)C(C)(CC(C)C)N=C3N)CC2)c1. The van der Waals surface area contributed by atoms with Crippen LogP contribution in [0.3, 0.4) is 0 Å². The molecule has 0 spiro atoms. The van der Waals surface area contributed by atoms with E-state index < -0.39 is 15.6 Å². The fraction of sp³-hybridized carbons (Fsp3) is 0.625. The van der Waals surface area contributed by atoms with Crippen molar-refractivity contribution in [1.82, 2.24) is 9.21 Å². The lowest BCUT2D eigenvalue weighted by Gasteiger charge is -2.33. The van der Waals surface area contributed by atoms with Gasteiger partial charge in [-0.2, -0.15) is 4.31 Å². The van der Waals surface area contributed by atoms with Gasteiger partial charge in [0.2, 0.25) is 10.0 Å². The van der Waals surface area contributed by atoms with Gasteiger partial charge in [-0.3, -0.25) is 14.5 Å². The first kappa shape index (κ1) is 26.2. The highest BCUT2D eigenvalue weighted by Crippen LogP contribution is 2.31. The number of nitrogens with two attached hydrogens (primary N) is 1. The minimum atomic E-state index is -3.64. The highest BCUT2D eigenvalue weighted by atomic mass is 32.2. The topological polar surface area (TPSA) is 122 Å². The van der Waals surface area contributed by atoms with Gasteiger partial charge in [-0.05, 0) is 62.1 Å². The number of guanidine groups is 1. The molecule has 1 atom stereocenters. The maximum absolute atomic E-state index is 13.2. The van der Waals surface area contributed by atoms with Crippen LogP contribution in [-0.2, 0) is 30.8 Å². The van der Waals surface area contributed by atoms with E-state index in [1.54, 1.807) is 29.2 Å². The molecular weight excluding hydrogens is 456 g/mol. The Bertz CT molecular complexity index is 1050. The third-order valence-corrected chi connectivity index (χ3v) is 8.44. The van der Waals surface area contributed by atoms with E-state index in [0.29, 0.717) is 51.2 Å². The Morgan fingerprint density at radius 2 is 1.97 bits per heavy atom. The van der Waals surface area contributed by atoms with E-state index in [1.165, 1.54) is 11.4 Å². The zero-order chi connectivity index (χ0) is 25.1. The average molecular weight is 493 g/mol. The van der Waals surface area contributed by atoms with Crippen LogP contribution in [0.2, 0.25) is 0 Å². The minimum absolute atomic E-state index is 0.0717. The largest absolute Gasteiger partial charge is 0.469 e. The first-order valence-electron chi connectivity index (χ1n) is 11.8. The van der Waals surface area contributed by atoms with Gasteiger partial charge in [0.05, 0.1) is 12.0 Å². The highest BCUT2D eigenvalue weighted by molar-refractivity contribution is 7.89. The van der Waals surface area contributed by atoms with Gasteiger partial charge >= 0.3 is 5.97 Å². The molecule has 0 bridgehead atoms. The van der Waals surface area contributed by atoms with Crippen molar-refractivity contribution in [2.24, 2.45) is 22.6 Å². The molecule has 0 aromatic heterocycles. The summed E-state index contributed by atoms with van der Waals surface area (Å²) in [5.41, 5.74) is 6.05. The van der Waals surface area contributed by atoms with Gasteiger partial charge < -0.3 is 10.5 Å². The summed E-state index contributed by atoms with van der Waals surface area (Å²) >= 11 is 0. The number of amides is 1. The van der Waals surface area contributed by atoms with Gasteiger partial charge in [-0.25, -0.2) is 13.4 Å². The Kier molecular flexibility index (Phi) is 8.02. The molecule has 3 rings (SSSR count). The Morgan fingerprint density at radius 1 is 1.29 bits per heavy atom. The number of hydrogen-bond acceptors (Lipinski definition) is 7. The van der Waals surface area contributed by atoms with Crippen LogP contribution in [0, 0.1) is 11.8 Å². The first-order chi connectivity index (χ1) is 16.0. The normalized spacial score (nSPS) is 22.3.